The second-order valence-electron chi connectivity index (χ2n) is 6.70. The number of likely N-dealkylation sites (tertiary alicyclic amines) is 1. The minimum Gasteiger partial charge on any atom is -0.356 e. The first-order valence-corrected chi connectivity index (χ1v) is 10.7. The molecule has 0 saturated carbocycles. The molecule has 1 fully saturated rings. The SMILES string of the molecule is CN=C(NCCSc1ccccc1)NCc1ccccc1CN1CCCC1=O. The number of nitrogens with one attached hydrogen (secondary N) is 2. The maximum atomic E-state index is 11.9. The highest BCUT2D eigenvalue weighted by molar-refractivity contribution is 7.99. The number of benzene rings is 2. The van der Waals surface area contributed by atoms with Crippen LogP contribution in [-0.4, -0.2) is 42.7 Å². The van der Waals surface area contributed by atoms with Crippen LogP contribution in [0.1, 0.15) is 24.0 Å². The van der Waals surface area contributed by atoms with Gasteiger partial charge >= 0.3 is 0 Å². The average molecular weight is 397 g/mol. The molecule has 0 atom stereocenters. The van der Waals surface area contributed by atoms with Crippen LogP contribution < -0.4 is 10.6 Å². The van der Waals surface area contributed by atoms with E-state index in [1.54, 1.807) is 7.05 Å². The van der Waals surface area contributed by atoms with E-state index < -0.39 is 0 Å². The van der Waals surface area contributed by atoms with E-state index in [-0.39, 0.29) is 5.91 Å². The Bertz CT molecular complexity index is 794. The summed E-state index contributed by atoms with van der Waals surface area (Å²) >= 11 is 1.83. The largest absolute Gasteiger partial charge is 0.356 e. The molecule has 1 heterocycles. The van der Waals surface area contributed by atoms with E-state index in [2.05, 4.69) is 52.0 Å². The molecule has 2 aromatic carbocycles. The fourth-order valence-electron chi connectivity index (χ4n) is 3.22. The van der Waals surface area contributed by atoms with E-state index >= 15 is 0 Å². The van der Waals surface area contributed by atoms with Crippen molar-refractivity contribution in [2.75, 3.05) is 25.9 Å². The van der Waals surface area contributed by atoms with Crippen molar-refractivity contribution in [3.8, 4) is 0 Å². The minimum atomic E-state index is 0.260. The van der Waals surface area contributed by atoms with Crippen LogP contribution in [0.3, 0.4) is 0 Å². The molecule has 0 spiro atoms. The van der Waals surface area contributed by atoms with Crippen LogP contribution in [0.2, 0.25) is 0 Å². The summed E-state index contributed by atoms with van der Waals surface area (Å²) in [4.78, 5) is 19.5. The highest BCUT2D eigenvalue weighted by Crippen LogP contribution is 2.17. The van der Waals surface area contributed by atoms with Gasteiger partial charge in [-0.25, -0.2) is 0 Å². The van der Waals surface area contributed by atoms with Gasteiger partial charge in [0.05, 0.1) is 0 Å². The molecule has 28 heavy (non-hydrogen) atoms. The Morgan fingerprint density at radius 3 is 2.54 bits per heavy atom. The Labute approximate surface area is 171 Å². The number of guanidine groups is 1. The molecule has 1 saturated heterocycles. The number of hydrogen-bond acceptors (Lipinski definition) is 3. The lowest BCUT2D eigenvalue weighted by atomic mass is 10.1. The number of nitrogens with zero attached hydrogens (tertiary/aromatic N) is 2. The Hall–Kier alpha value is -2.47. The van der Waals surface area contributed by atoms with Gasteiger partial charge < -0.3 is 15.5 Å². The lowest BCUT2D eigenvalue weighted by Crippen LogP contribution is -2.38. The molecule has 1 aliphatic rings. The quantitative estimate of drug-likeness (QED) is 0.311. The van der Waals surface area contributed by atoms with E-state index in [4.69, 9.17) is 0 Å². The van der Waals surface area contributed by atoms with Crippen LogP contribution >= 0.6 is 11.8 Å². The molecule has 6 heteroatoms. The third-order valence-corrected chi connectivity index (χ3v) is 5.74. The molecule has 0 radical (unpaired) electrons. The number of rotatable bonds is 8. The first-order valence-electron chi connectivity index (χ1n) is 9.73. The van der Waals surface area contributed by atoms with Gasteiger partial charge in [-0.3, -0.25) is 9.79 Å². The molecule has 148 valence electrons. The Morgan fingerprint density at radius 2 is 1.82 bits per heavy atom. The summed E-state index contributed by atoms with van der Waals surface area (Å²) in [6.07, 6.45) is 1.65. The predicted octanol–water partition coefficient (Wildman–Crippen LogP) is 3.27. The van der Waals surface area contributed by atoms with Crippen molar-refractivity contribution < 1.29 is 4.79 Å². The van der Waals surface area contributed by atoms with Crippen molar-refractivity contribution in [1.29, 1.82) is 0 Å². The molecule has 2 N–H and O–H groups in total. The van der Waals surface area contributed by atoms with Gasteiger partial charge in [0, 0.05) is 50.3 Å². The molecule has 0 aliphatic carbocycles. The van der Waals surface area contributed by atoms with Gasteiger partial charge in [-0.1, -0.05) is 42.5 Å². The van der Waals surface area contributed by atoms with Crippen molar-refractivity contribution >= 4 is 23.6 Å². The van der Waals surface area contributed by atoms with Gasteiger partial charge in [0.1, 0.15) is 0 Å². The molecule has 0 unspecified atom stereocenters. The van der Waals surface area contributed by atoms with Crippen molar-refractivity contribution in [1.82, 2.24) is 15.5 Å². The van der Waals surface area contributed by atoms with Gasteiger partial charge in [0.15, 0.2) is 5.96 Å². The van der Waals surface area contributed by atoms with Crippen LogP contribution in [-0.2, 0) is 17.9 Å². The van der Waals surface area contributed by atoms with E-state index in [1.807, 2.05) is 34.9 Å². The van der Waals surface area contributed by atoms with Gasteiger partial charge in [0.25, 0.3) is 0 Å². The molecular formula is C22H28N4OS. The summed E-state index contributed by atoms with van der Waals surface area (Å²) in [6.45, 7) is 3.08. The van der Waals surface area contributed by atoms with E-state index in [0.29, 0.717) is 19.5 Å². The second-order valence-corrected chi connectivity index (χ2v) is 7.87. The number of carbonyl (C=O) groups is 1. The zero-order chi connectivity index (χ0) is 19.6. The Balaban J connectivity index is 1.46. The highest BCUT2D eigenvalue weighted by Gasteiger charge is 2.20. The normalized spacial score (nSPS) is 14.4. The van der Waals surface area contributed by atoms with Crippen molar-refractivity contribution in [2.45, 2.75) is 30.8 Å². The zero-order valence-corrected chi connectivity index (χ0v) is 17.2. The fourth-order valence-corrected chi connectivity index (χ4v) is 4.01. The summed E-state index contributed by atoms with van der Waals surface area (Å²) in [5.41, 5.74) is 2.39. The van der Waals surface area contributed by atoms with Gasteiger partial charge in [-0.2, -0.15) is 0 Å². The topological polar surface area (TPSA) is 56.7 Å². The van der Waals surface area contributed by atoms with Crippen LogP contribution in [0, 0.1) is 0 Å². The molecule has 0 aromatic heterocycles. The number of carbonyl (C=O) groups excluding carboxylic acids is 1. The van der Waals surface area contributed by atoms with Gasteiger partial charge in [-0.15, -0.1) is 11.8 Å². The Morgan fingerprint density at radius 1 is 1.07 bits per heavy atom. The maximum absolute atomic E-state index is 11.9. The third kappa shape index (κ3) is 6.02. The standard InChI is InChI=1S/C22H28N4OS/c1-23-22(24-13-15-28-20-10-3-2-4-11-20)25-16-18-8-5-6-9-19(18)17-26-14-7-12-21(26)27/h2-6,8-11H,7,12-17H2,1H3,(H2,23,24,25). The predicted molar refractivity (Wildman–Crippen MR) is 116 cm³/mol. The first-order chi connectivity index (χ1) is 13.8. The number of hydrogen-bond donors (Lipinski definition) is 2. The second kappa shape index (κ2) is 10.8. The third-order valence-electron chi connectivity index (χ3n) is 4.73. The molecule has 1 aliphatic heterocycles. The molecule has 3 rings (SSSR count). The number of thioether (sulfide) groups is 1. The Kier molecular flexibility index (Phi) is 7.79. The lowest BCUT2D eigenvalue weighted by molar-refractivity contribution is -0.128. The summed E-state index contributed by atoms with van der Waals surface area (Å²) in [5.74, 6) is 2.02. The summed E-state index contributed by atoms with van der Waals surface area (Å²) in [6, 6.07) is 18.7. The van der Waals surface area contributed by atoms with Crippen LogP contribution in [0.15, 0.2) is 64.5 Å². The van der Waals surface area contributed by atoms with Crippen molar-refractivity contribution in [3.63, 3.8) is 0 Å². The zero-order valence-electron chi connectivity index (χ0n) is 16.4. The van der Waals surface area contributed by atoms with Crippen LogP contribution in [0.5, 0.6) is 0 Å². The summed E-state index contributed by atoms with van der Waals surface area (Å²) < 4.78 is 0. The van der Waals surface area contributed by atoms with Crippen molar-refractivity contribution in [3.05, 3.63) is 65.7 Å². The molecule has 5 nitrogen and oxygen atoms in total. The first kappa shape index (κ1) is 20.3. The van der Waals surface area contributed by atoms with Crippen molar-refractivity contribution in [2.24, 2.45) is 4.99 Å². The smallest absolute Gasteiger partial charge is 0.222 e. The lowest BCUT2D eigenvalue weighted by Gasteiger charge is -2.19. The van der Waals surface area contributed by atoms with E-state index in [1.165, 1.54) is 16.0 Å². The van der Waals surface area contributed by atoms with Gasteiger partial charge in [0.2, 0.25) is 5.91 Å². The maximum Gasteiger partial charge on any atom is 0.222 e. The van der Waals surface area contributed by atoms with E-state index in [0.717, 1.165) is 31.2 Å². The molecule has 0 bridgehead atoms. The number of amides is 1. The molecule has 1 amide bonds. The summed E-state index contributed by atoms with van der Waals surface area (Å²) in [5, 5.41) is 6.75. The summed E-state index contributed by atoms with van der Waals surface area (Å²) in [7, 11) is 1.79. The highest BCUT2D eigenvalue weighted by atomic mass is 32.2. The monoisotopic (exact) mass is 396 g/mol. The van der Waals surface area contributed by atoms with Crippen LogP contribution in [0.4, 0.5) is 0 Å². The van der Waals surface area contributed by atoms with Crippen LogP contribution in [0.25, 0.3) is 0 Å². The number of aliphatic imine (C=N–C) groups is 1. The van der Waals surface area contributed by atoms with E-state index in [9.17, 15) is 4.79 Å². The molecular weight excluding hydrogens is 368 g/mol. The fraction of sp³-hybridized carbons (Fsp3) is 0.364. The minimum absolute atomic E-state index is 0.260. The van der Waals surface area contributed by atoms with Gasteiger partial charge in [-0.05, 0) is 29.7 Å². The molecule has 2 aromatic rings. The average Bonchev–Trinajstić information content (AvgIpc) is 3.14.